The summed E-state index contributed by atoms with van der Waals surface area (Å²) >= 11 is 11.9. The highest BCUT2D eigenvalue weighted by Crippen LogP contribution is 2.29. The van der Waals surface area contributed by atoms with Crippen LogP contribution in [0.2, 0.25) is 10.0 Å². The van der Waals surface area contributed by atoms with Gasteiger partial charge in [-0.2, -0.15) is 0 Å². The van der Waals surface area contributed by atoms with Crippen molar-refractivity contribution in [2.75, 3.05) is 22.9 Å². The van der Waals surface area contributed by atoms with Crippen LogP contribution < -0.4 is 16.4 Å². The first kappa shape index (κ1) is 17.3. The highest BCUT2D eigenvalue weighted by atomic mass is 35.5. The molecule has 0 aliphatic carbocycles. The molecular formula is C16H17Cl2N7. The zero-order valence-electron chi connectivity index (χ0n) is 13.3. The summed E-state index contributed by atoms with van der Waals surface area (Å²) in [7, 11) is 0. The van der Waals surface area contributed by atoms with Crippen LogP contribution in [0.3, 0.4) is 0 Å². The van der Waals surface area contributed by atoms with Gasteiger partial charge in [0.15, 0.2) is 11.6 Å². The Bertz CT molecular complexity index is 837. The quantitative estimate of drug-likeness (QED) is 0.542. The number of rotatable bonds is 7. The first-order chi connectivity index (χ1) is 12.1. The normalized spacial score (nSPS) is 10.6. The van der Waals surface area contributed by atoms with Crippen LogP contribution >= 0.6 is 23.2 Å². The Balaban J connectivity index is 1.61. The summed E-state index contributed by atoms with van der Waals surface area (Å²) in [6.07, 6.45) is 7.84. The van der Waals surface area contributed by atoms with Crippen molar-refractivity contribution in [3.8, 4) is 0 Å². The monoisotopic (exact) mass is 377 g/mol. The van der Waals surface area contributed by atoms with Crippen LogP contribution in [0, 0.1) is 0 Å². The predicted molar refractivity (Wildman–Crippen MR) is 102 cm³/mol. The van der Waals surface area contributed by atoms with Gasteiger partial charge in [-0.05, 0) is 24.6 Å². The average Bonchev–Trinajstić information content (AvgIpc) is 3.11. The molecule has 0 unspecified atom stereocenters. The molecule has 130 valence electrons. The molecule has 0 bridgehead atoms. The SMILES string of the molecule is Nc1c(NCCCn2ccnc2)ncnc1Nc1ccc(Cl)c(Cl)c1. The number of hydrogen-bond donors (Lipinski definition) is 3. The number of benzene rings is 1. The number of nitrogens with one attached hydrogen (secondary N) is 2. The second kappa shape index (κ2) is 8.04. The van der Waals surface area contributed by atoms with Gasteiger partial charge in [0.25, 0.3) is 0 Å². The molecule has 0 saturated heterocycles. The molecule has 25 heavy (non-hydrogen) atoms. The molecule has 3 aromatic rings. The molecule has 2 heterocycles. The van der Waals surface area contributed by atoms with E-state index < -0.39 is 0 Å². The van der Waals surface area contributed by atoms with Gasteiger partial charge in [0.05, 0.1) is 16.4 Å². The second-order valence-electron chi connectivity index (χ2n) is 5.32. The fourth-order valence-electron chi connectivity index (χ4n) is 2.23. The lowest BCUT2D eigenvalue weighted by Crippen LogP contribution is -2.10. The maximum atomic E-state index is 6.15. The molecule has 1 aromatic carbocycles. The fourth-order valence-corrected chi connectivity index (χ4v) is 2.53. The van der Waals surface area contributed by atoms with Crippen LogP contribution in [0.5, 0.6) is 0 Å². The van der Waals surface area contributed by atoms with Gasteiger partial charge in [-0.25, -0.2) is 15.0 Å². The van der Waals surface area contributed by atoms with Gasteiger partial charge in [0, 0.05) is 31.2 Å². The van der Waals surface area contributed by atoms with Crippen molar-refractivity contribution < 1.29 is 0 Å². The van der Waals surface area contributed by atoms with Gasteiger partial charge >= 0.3 is 0 Å². The largest absolute Gasteiger partial charge is 0.393 e. The van der Waals surface area contributed by atoms with Crippen molar-refractivity contribution in [2.45, 2.75) is 13.0 Å². The molecule has 4 N–H and O–H groups in total. The summed E-state index contributed by atoms with van der Waals surface area (Å²) in [6.45, 7) is 1.60. The van der Waals surface area contributed by atoms with E-state index in [4.69, 9.17) is 28.9 Å². The molecule has 0 saturated carbocycles. The summed E-state index contributed by atoms with van der Waals surface area (Å²) in [5.41, 5.74) is 7.33. The van der Waals surface area contributed by atoms with Crippen molar-refractivity contribution in [1.29, 1.82) is 0 Å². The Kier molecular flexibility index (Phi) is 5.57. The molecule has 0 amide bonds. The third-order valence-corrected chi connectivity index (χ3v) is 4.25. The lowest BCUT2D eigenvalue weighted by Gasteiger charge is -2.13. The maximum absolute atomic E-state index is 6.15. The number of nitrogen functional groups attached to an aromatic ring is 1. The number of hydrogen-bond acceptors (Lipinski definition) is 6. The van der Waals surface area contributed by atoms with E-state index in [-0.39, 0.29) is 0 Å². The lowest BCUT2D eigenvalue weighted by molar-refractivity contribution is 0.660. The highest BCUT2D eigenvalue weighted by Gasteiger charge is 2.09. The minimum atomic E-state index is 0.441. The lowest BCUT2D eigenvalue weighted by atomic mass is 10.3. The number of halogens is 2. The third kappa shape index (κ3) is 4.52. The molecule has 0 fully saturated rings. The Hall–Kier alpha value is -2.51. The minimum Gasteiger partial charge on any atom is -0.393 e. The molecule has 0 radical (unpaired) electrons. The van der Waals surface area contributed by atoms with Crippen LogP contribution in [0.15, 0.2) is 43.2 Å². The fraction of sp³-hybridized carbons (Fsp3) is 0.188. The number of nitrogens with zero attached hydrogens (tertiary/aromatic N) is 4. The second-order valence-corrected chi connectivity index (χ2v) is 6.13. The maximum Gasteiger partial charge on any atom is 0.159 e. The highest BCUT2D eigenvalue weighted by molar-refractivity contribution is 6.42. The van der Waals surface area contributed by atoms with Gasteiger partial charge in [0.2, 0.25) is 0 Å². The molecule has 0 aliphatic heterocycles. The van der Waals surface area contributed by atoms with E-state index in [9.17, 15) is 0 Å². The van der Waals surface area contributed by atoms with Crippen LogP contribution in [0.4, 0.5) is 23.0 Å². The molecule has 3 rings (SSSR count). The van der Waals surface area contributed by atoms with Gasteiger partial charge in [-0.1, -0.05) is 23.2 Å². The molecule has 0 aliphatic rings. The molecule has 0 spiro atoms. The van der Waals surface area contributed by atoms with Crippen LogP contribution in [-0.2, 0) is 6.54 Å². The van der Waals surface area contributed by atoms with E-state index in [0.29, 0.717) is 27.4 Å². The molecule has 7 nitrogen and oxygen atoms in total. The minimum absolute atomic E-state index is 0.441. The van der Waals surface area contributed by atoms with Crippen molar-refractivity contribution in [3.05, 3.63) is 53.3 Å². The van der Waals surface area contributed by atoms with Crippen molar-refractivity contribution >= 4 is 46.2 Å². The van der Waals surface area contributed by atoms with Crippen LogP contribution in [-0.4, -0.2) is 26.1 Å². The van der Waals surface area contributed by atoms with Crippen LogP contribution in [0.1, 0.15) is 6.42 Å². The summed E-state index contributed by atoms with van der Waals surface area (Å²) in [4.78, 5) is 12.4. The number of anilines is 4. The zero-order valence-corrected chi connectivity index (χ0v) is 14.8. The Morgan fingerprint density at radius 2 is 1.96 bits per heavy atom. The summed E-state index contributed by atoms with van der Waals surface area (Å²) in [5, 5.41) is 7.29. The van der Waals surface area contributed by atoms with Gasteiger partial charge in [-0.15, -0.1) is 0 Å². The van der Waals surface area contributed by atoms with Gasteiger partial charge in [-0.3, -0.25) is 0 Å². The predicted octanol–water partition coefficient (Wildman–Crippen LogP) is 3.81. The zero-order chi connectivity index (χ0) is 17.6. The van der Waals surface area contributed by atoms with Crippen LogP contribution in [0.25, 0.3) is 0 Å². The summed E-state index contributed by atoms with van der Waals surface area (Å²) in [5.74, 6) is 1.09. The Labute approximate surface area is 155 Å². The van der Waals surface area contributed by atoms with E-state index in [1.807, 2.05) is 10.8 Å². The van der Waals surface area contributed by atoms with Gasteiger partial charge in [0.1, 0.15) is 12.0 Å². The smallest absolute Gasteiger partial charge is 0.159 e. The summed E-state index contributed by atoms with van der Waals surface area (Å²) in [6, 6.07) is 5.22. The average molecular weight is 378 g/mol. The van der Waals surface area contributed by atoms with E-state index >= 15 is 0 Å². The van der Waals surface area contributed by atoms with Crippen molar-refractivity contribution in [3.63, 3.8) is 0 Å². The van der Waals surface area contributed by atoms with E-state index in [2.05, 4.69) is 25.6 Å². The number of imidazole rings is 1. The summed E-state index contributed by atoms with van der Waals surface area (Å²) < 4.78 is 2.02. The van der Waals surface area contributed by atoms with E-state index in [1.165, 1.54) is 6.33 Å². The van der Waals surface area contributed by atoms with Crippen molar-refractivity contribution in [2.24, 2.45) is 0 Å². The number of nitrogens with two attached hydrogens (primary N) is 1. The first-order valence-corrected chi connectivity index (χ1v) is 8.41. The number of aryl methyl sites for hydroxylation is 1. The third-order valence-electron chi connectivity index (χ3n) is 3.51. The standard InChI is InChI=1S/C16H17Cl2N7/c17-12-3-2-11(8-13(12)18)24-16-14(19)15(22-9-23-16)21-4-1-6-25-7-5-20-10-25/h2-3,5,7-10H,1,4,6,19H2,(H2,21,22,23,24). The van der Waals surface area contributed by atoms with E-state index in [0.717, 1.165) is 25.2 Å². The van der Waals surface area contributed by atoms with Gasteiger partial charge < -0.3 is 20.9 Å². The first-order valence-electron chi connectivity index (χ1n) is 7.65. The molecule has 9 heteroatoms. The Morgan fingerprint density at radius 1 is 1.12 bits per heavy atom. The Morgan fingerprint density at radius 3 is 2.72 bits per heavy atom. The number of aromatic nitrogens is 4. The topological polar surface area (TPSA) is 93.7 Å². The molecule has 0 atom stereocenters. The van der Waals surface area contributed by atoms with Crippen molar-refractivity contribution in [1.82, 2.24) is 19.5 Å². The molecular weight excluding hydrogens is 361 g/mol. The van der Waals surface area contributed by atoms with E-state index in [1.54, 1.807) is 30.7 Å². The molecule has 2 aromatic heterocycles.